The number of aliphatic hydroxyl groups is 2. The van der Waals surface area contributed by atoms with E-state index in [2.05, 4.69) is 25.7 Å². The maximum Gasteiger partial charge on any atom is 0.323 e. The van der Waals surface area contributed by atoms with Crippen LogP contribution in [0.3, 0.4) is 0 Å². The first kappa shape index (κ1) is 15.3. The summed E-state index contributed by atoms with van der Waals surface area (Å²) in [6.07, 6.45) is 0.819. The van der Waals surface area contributed by atoms with Crippen LogP contribution in [0, 0.1) is 0 Å². The standard InChI is InChI=1S/C10H20N6O3/c1-3-4-19-9-14-7(13-8(15-9)16-11)12-5-10(2,18)6-17/h17-18H,3-6,11H2,1-2H3,(H2,12,13,14,15,16). The second-order valence-corrected chi connectivity index (χ2v) is 4.27. The van der Waals surface area contributed by atoms with E-state index in [4.69, 9.17) is 15.7 Å². The van der Waals surface area contributed by atoms with Crippen LogP contribution in [0.4, 0.5) is 11.9 Å². The molecule has 0 aromatic carbocycles. The highest BCUT2D eigenvalue weighted by molar-refractivity contribution is 5.35. The van der Waals surface area contributed by atoms with E-state index in [0.29, 0.717) is 6.61 Å². The summed E-state index contributed by atoms with van der Waals surface area (Å²) in [5, 5.41) is 21.4. The molecule has 9 nitrogen and oxygen atoms in total. The summed E-state index contributed by atoms with van der Waals surface area (Å²) in [5.74, 6) is 5.59. The molecule has 0 aliphatic heterocycles. The van der Waals surface area contributed by atoms with Crippen LogP contribution in [-0.2, 0) is 0 Å². The van der Waals surface area contributed by atoms with Crippen molar-refractivity contribution in [3.05, 3.63) is 0 Å². The highest BCUT2D eigenvalue weighted by Gasteiger charge is 2.19. The van der Waals surface area contributed by atoms with Gasteiger partial charge in [0.1, 0.15) is 5.60 Å². The van der Waals surface area contributed by atoms with Gasteiger partial charge in [0.25, 0.3) is 0 Å². The lowest BCUT2D eigenvalue weighted by molar-refractivity contribution is 0.0131. The molecule has 108 valence electrons. The van der Waals surface area contributed by atoms with Crippen LogP contribution in [0.5, 0.6) is 6.01 Å². The average molecular weight is 272 g/mol. The Morgan fingerprint density at radius 2 is 2.00 bits per heavy atom. The van der Waals surface area contributed by atoms with Crippen molar-refractivity contribution in [2.45, 2.75) is 25.9 Å². The Hall–Kier alpha value is -1.71. The molecule has 0 saturated heterocycles. The lowest BCUT2D eigenvalue weighted by atomic mass is 10.1. The van der Waals surface area contributed by atoms with Crippen LogP contribution in [0.2, 0.25) is 0 Å². The zero-order chi connectivity index (χ0) is 14.3. The van der Waals surface area contributed by atoms with E-state index in [1.807, 2.05) is 6.92 Å². The monoisotopic (exact) mass is 272 g/mol. The van der Waals surface area contributed by atoms with E-state index in [-0.39, 0.29) is 31.1 Å². The van der Waals surface area contributed by atoms with Crippen molar-refractivity contribution in [1.29, 1.82) is 0 Å². The Morgan fingerprint density at radius 3 is 2.58 bits per heavy atom. The number of ether oxygens (including phenoxy) is 1. The summed E-state index contributed by atoms with van der Waals surface area (Å²) < 4.78 is 5.29. The number of anilines is 2. The Balaban J connectivity index is 2.76. The smallest absolute Gasteiger partial charge is 0.323 e. The van der Waals surface area contributed by atoms with Crippen LogP contribution < -0.4 is 21.3 Å². The fourth-order valence-corrected chi connectivity index (χ4v) is 1.08. The van der Waals surface area contributed by atoms with Gasteiger partial charge in [-0.15, -0.1) is 0 Å². The second-order valence-electron chi connectivity index (χ2n) is 4.27. The van der Waals surface area contributed by atoms with Crippen molar-refractivity contribution in [3.63, 3.8) is 0 Å². The summed E-state index contributed by atoms with van der Waals surface area (Å²) in [5.41, 5.74) is 1.03. The van der Waals surface area contributed by atoms with Crippen molar-refractivity contribution >= 4 is 11.9 Å². The van der Waals surface area contributed by atoms with Crippen LogP contribution in [0.15, 0.2) is 0 Å². The maximum atomic E-state index is 9.67. The summed E-state index contributed by atoms with van der Waals surface area (Å²) >= 11 is 0. The maximum absolute atomic E-state index is 9.67. The van der Waals surface area contributed by atoms with Gasteiger partial charge in [-0.3, -0.25) is 5.43 Å². The van der Waals surface area contributed by atoms with Crippen LogP contribution in [-0.4, -0.2) is 50.5 Å². The third-order valence-electron chi connectivity index (χ3n) is 2.15. The molecule has 1 unspecified atom stereocenters. The first-order chi connectivity index (χ1) is 9.00. The van der Waals surface area contributed by atoms with Gasteiger partial charge in [-0.1, -0.05) is 6.92 Å². The Kier molecular flexibility index (Phi) is 5.67. The molecular formula is C10H20N6O3. The molecule has 1 heterocycles. The summed E-state index contributed by atoms with van der Waals surface area (Å²) in [4.78, 5) is 11.9. The zero-order valence-electron chi connectivity index (χ0n) is 11.1. The Bertz CT molecular complexity index is 401. The lowest BCUT2D eigenvalue weighted by Gasteiger charge is -2.20. The molecule has 0 aliphatic carbocycles. The predicted molar refractivity (Wildman–Crippen MR) is 69.6 cm³/mol. The molecule has 0 spiro atoms. The number of hydrogen-bond donors (Lipinski definition) is 5. The highest BCUT2D eigenvalue weighted by atomic mass is 16.5. The van der Waals surface area contributed by atoms with Gasteiger partial charge >= 0.3 is 6.01 Å². The first-order valence-corrected chi connectivity index (χ1v) is 5.93. The largest absolute Gasteiger partial charge is 0.463 e. The van der Waals surface area contributed by atoms with Crippen LogP contribution >= 0.6 is 0 Å². The molecule has 0 fully saturated rings. The van der Waals surface area contributed by atoms with E-state index in [1.165, 1.54) is 6.92 Å². The molecule has 1 rings (SSSR count). The molecule has 1 aromatic heterocycles. The molecule has 0 amide bonds. The zero-order valence-corrected chi connectivity index (χ0v) is 11.1. The number of aromatic nitrogens is 3. The van der Waals surface area contributed by atoms with Crippen molar-refractivity contribution in [2.24, 2.45) is 5.84 Å². The summed E-state index contributed by atoms with van der Waals surface area (Å²) in [7, 11) is 0. The van der Waals surface area contributed by atoms with Gasteiger partial charge in [-0.05, 0) is 13.3 Å². The molecule has 0 radical (unpaired) electrons. The summed E-state index contributed by atoms with van der Waals surface area (Å²) in [6.45, 7) is 3.61. The van der Waals surface area contributed by atoms with E-state index in [9.17, 15) is 5.11 Å². The molecule has 1 atom stereocenters. The Labute approximate surface area is 111 Å². The molecule has 1 aromatic rings. The van der Waals surface area contributed by atoms with E-state index in [1.54, 1.807) is 0 Å². The van der Waals surface area contributed by atoms with Gasteiger partial charge in [-0.2, -0.15) is 15.0 Å². The van der Waals surface area contributed by atoms with E-state index >= 15 is 0 Å². The minimum atomic E-state index is -1.27. The average Bonchev–Trinajstić information content (AvgIpc) is 2.42. The quantitative estimate of drug-likeness (QED) is 0.301. The number of nitrogen functional groups attached to an aromatic ring is 1. The van der Waals surface area contributed by atoms with Gasteiger partial charge in [0.15, 0.2) is 0 Å². The van der Waals surface area contributed by atoms with Crippen LogP contribution in [0.1, 0.15) is 20.3 Å². The third kappa shape index (κ3) is 5.20. The molecule has 0 bridgehead atoms. The normalized spacial score (nSPS) is 13.7. The molecule has 0 aliphatic rings. The number of nitrogens with two attached hydrogens (primary N) is 1. The predicted octanol–water partition coefficient (Wildman–Crippen LogP) is -0.899. The number of nitrogens with one attached hydrogen (secondary N) is 2. The number of nitrogens with zero attached hydrogens (tertiary/aromatic N) is 3. The lowest BCUT2D eigenvalue weighted by Crippen LogP contribution is -2.37. The minimum Gasteiger partial charge on any atom is -0.463 e. The topological polar surface area (TPSA) is 138 Å². The van der Waals surface area contributed by atoms with Crippen molar-refractivity contribution in [2.75, 3.05) is 30.5 Å². The minimum absolute atomic E-state index is 0.0741. The van der Waals surface area contributed by atoms with Gasteiger partial charge in [0.05, 0.1) is 13.2 Å². The van der Waals surface area contributed by atoms with E-state index < -0.39 is 5.60 Å². The SMILES string of the molecule is CCCOc1nc(NN)nc(NCC(C)(O)CO)n1. The molecule has 6 N–H and O–H groups in total. The number of hydrogen-bond acceptors (Lipinski definition) is 9. The van der Waals surface area contributed by atoms with Crippen LogP contribution in [0.25, 0.3) is 0 Å². The molecular weight excluding hydrogens is 252 g/mol. The van der Waals surface area contributed by atoms with Gasteiger partial charge in [0.2, 0.25) is 11.9 Å². The number of hydrazine groups is 1. The van der Waals surface area contributed by atoms with E-state index in [0.717, 1.165) is 6.42 Å². The highest BCUT2D eigenvalue weighted by Crippen LogP contribution is 2.12. The second kappa shape index (κ2) is 7.02. The number of aliphatic hydroxyl groups excluding tert-OH is 1. The van der Waals surface area contributed by atoms with Crippen molar-refractivity contribution in [3.8, 4) is 6.01 Å². The van der Waals surface area contributed by atoms with Gasteiger partial charge in [-0.25, -0.2) is 5.84 Å². The fourth-order valence-electron chi connectivity index (χ4n) is 1.08. The third-order valence-corrected chi connectivity index (χ3v) is 2.15. The van der Waals surface area contributed by atoms with Gasteiger partial charge in [0, 0.05) is 6.54 Å². The fraction of sp³-hybridized carbons (Fsp3) is 0.700. The van der Waals surface area contributed by atoms with Crippen molar-refractivity contribution < 1.29 is 14.9 Å². The molecule has 0 saturated carbocycles. The van der Waals surface area contributed by atoms with Gasteiger partial charge < -0.3 is 20.3 Å². The summed E-state index contributed by atoms with van der Waals surface area (Å²) in [6, 6.07) is 0.135. The Morgan fingerprint density at radius 1 is 1.32 bits per heavy atom. The first-order valence-electron chi connectivity index (χ1n) is 5.93. The number of rotatable bonds is 8. The molecule has 9 heteroatoms. The van der Waals surface area contributed by atoms with Crippen molar-refractivity contribution in [1.82, 2.24) is 15.0 Å². The molecule has 19 heavy (non-hydrogen) atoms.